The molecule has 30 heavy (non-hydrogen) atoms. The number of halogens is 1. The molecule has 0 saturated carbocycles. The Kier molecular flexibility index (Phi) is 9.48. The zero-order chi connectivity index (χ0) is 20.8. The highest BCUT2D eigenvalue weighted by Gasteiger charge is 2.29. The normalized spacial score (nSPS) is 13.2. The van der Waals surface area contributed by atoms with Crippen LogP contribution in [0.5, 0.6) is 5.75 Å². The quantitative estimate of drug-likeness (QED) is 0.453. The van der Waals surface area contributed by atoms with E-state index >= 15 is 0 Å². The molecule has 1 aliphatic heterocycles. The number of anilines is 1. The Hall–Kier alpha value is -1.74. The molecule has 2 aromatic rings. The number of likely N-dealkylation sites (N-methyl/N-ethyl adjacent to an activating group) is 1. The van der Waals surface area contributed by atoms with Crippen molar-refractivity contribution in [3.05, 3.63) is 40.3 Å². The summed E-state index contributed by atoms with van der Waals surface area (Å²) in [6.45, 7) is 6.91. The number of amides is 1. The molecule has 0 saturated heterocycles. The number of hydrogen-bond donors (Lipinski definition) is 1. The molecule has 2 heterocycles. The molecule has 164 valence electrons. The number of rotatable bonds is 8. The molecule has 0 spiro atoms. The summed E-state index contributed by atoms with van der Waals surface area (Å²) in [5, 5.41) is 3.55. The van der Waals surface area contributed by atoms with Crippen molar-refractivity contribution in [2.24, 2.45) is 0 Å². The van der Waals surface area contributed by atoms with Crippen molar-refractivity contribution in [1.29, 1.82) is 0 Å². The van der Waals surface area contributed by atoms with Crippen molar-refractivity contribution >= 4 is 52.4 Å². The molecule has 3 rings (SSSR count). The Bertz CT molecular complexity index is 871. The van der Waals surface area contributed by atoms with Gasteiger partial charge in [-0.05, 0) is 49.7 Å². The molecule has 9 heteroatoms. The fourth-order valence-electron chi connectivity index (χ4n) is 3.22. The number of nitrogens with zero attached hydrogens (tertiary/aromatic N) is 1. The van der Waals surface area contributed by atoms with Crippen LogP contribution in [-0.4, -0.2) is 49.3 Å². The molecule has 1 aromatic heterocycles. The fraction of sp³-hybridized carbons (Fsp3) is 0.429. The smallest absolute Gasteiger partial charge is 0.341 e. The number of fused-ring (bicyclic) bond motifs is 1. The van der Waals surface area contributed by atoms with Gasteiger partial charge in [-0.15, -0.1) is 35.5 Å². The first-order chi connectivity index (χ1) is 14.0. The van der Waals surface area contributed by atoms with Gasteiger partial charge >= 0.3 is 5.97 Å². The van der Waals surface area contributed by atoms with Crippen LogP contribution in [0.1, 0.15) is 34.6 Å². The van der Waals surface area contributed by atoms with Crippen molar-refractivity contribution < 1.29 is 19.1 Å². The van der Waals surface area contributed by atoms with Crippen LogP contribution in [0.3, 0.4) is 0 Å². The number of carbonyl (C=O) groups excluding carboxylic acids is 2. The zero-order valence-electron chi connectivity index (χ0n) is 17.4. The first-order valence-corrected chi connectivity index (χ1v) is 11.5. The Morgan fingerprint density at radius 3 is 2.60 bits per heavy atom. The molecule has 0 atom stereocenters. The van der Waals surface area contributed by atoms with Crippen LogP contribution in [-0.2, 0) is 22.5 Å². The minimum Gasteiger partial charge on any atom is -0.497 e. The number of methoxy groups -OCH3 is 1. The highest BCUT2D eigenvalue weighted by molar-refractivity contribution is 8.00. The molecule has 0 aliphatic carbocycles. The predicted octanol–water partition coefficient (Wildman–Crippen LogP) is 4.46. The lowest BCUT2D eigenvalue weighted by Gasteiger charge is -2.25. The van der Waals surface area contributed by atoms with Crippen LogP contribution in [0.4, 0.5) is 5.00 Å². The second-order valence-corrected chi connectivity index (χ2v) is 8.71. The van der Waals surface area contributed by atoms with E-state index in [0.717, 1.165) is 47.1 Å². The molecule has 1 N–H and O–H groups in total. The minimum absolute atomic E-state index is 0. The average molecular weight is 471 g/mol. The molecule has 1 amide bonds. The van der Waals surface area contributed by atoms with Gasteiger partial charge in [0.2, 0.25) is 5.91 Å². The summed E-state index contributed by atoms with van der Waals surface area (Å²) in [4.78, 5) is 29.6. The number of thioether (sulfide) groups is 1. The lowest BCUT2D eigenvalue weighted by atomic mass is 10.0. The standard InChI is InChI=1S/C21H26N2O4S2.ClH/c1-4-23-11-10-16-17(12-23)29-20(19(16)21(25)27-5-2)22-18(24)13-28-15-8-6-14(26-3)7-9-15;/h6-9H,4-5,10-13H2,1-3H3,(H,22,24);1H. The lowest BCUT2D eigenvalue weighted by molar-refractivity contribution is -0.113. The second-order valence-electron chi connectivity index (χ2n) is 6.56. The molecule has 0 unspecified atom stereocenters. The first-order valence-electron chi connectivity index (χ1n) is 9.66. The summed E-state index contributed by atoms with van der Waals surface area (Å²) in [5.41, 5.74) is 1.56. The number of hydrogen-bond acceptors (Lipinski definition) is 7. The Labute approximate surface area is 191 Å². The van der Waals surface area contributed by atoms with Crippen LogP contribution >= 0.6 is 35.5 Å². The van der Waals surface area contributed by atoms with E-state index in [9.17, 15) is 9.59 Å². The molecular formula is C21H27ClN2O4S2. The summed E-state index contributed by atoms with van der Waals surface area (Å²) in [6, 6.07) is 7.58. The number of benzene rings is 1. The van der Waals surface area contributed by atoms with Crippen molar-refractivity contribution in [2.45, 2.75) is 31.7 Å². The maximum Gasteiger partial charge on any atom is 0.341 e. The van der Waals surface area contributed by atoms with Gasteiger partial charge in [-0.25, -0.2) is 4.79 Å². The number of esters is 1. The summed E-state index contributed by atoms with van der Waals surface area (Å²) in [5.74, 6) is 0.552. The molecule has 0 fully saturated rings. The second kappa shape index (κ2) is 11.6. The van der Waals surface area contributed by atoms with Crippen molar-refractivity contribution in [2.75, 3.05) is 37.9 Å². The zero-order valence-corrected chi connectivity index (χ0v) is 19.8. The van der Waals surface area contributed by atoms with Gasteiger partial charge in [-0.3, -0.25) is 9.69 Å². The third kappa shape index (κ3) is 5.91. The van der Waals surface area contributed by atoms with E-state index in [1.54, 1.807) is 14.0 Å². The third-order valence-electron chi connectivity index (χ3n) is 4.75. The minimum atomic E-state index is -0.354. The Balaban J connectivity index is 0.00000320. The maximum atomic E-state index is 12.6. The third-order valence-corrected chi connectivity index (χ3v) is 6.89. The molecular weight excluding hydrogens is 444 g/mol. The van der Waals surface area contributed by atoms with E-state index in [1.807, 2.05) is 24.3 Å². The van der Waals surface area contributed by atoms with Gasteiger partial charge in [0.05, 0.1) is 25.0 Å². The van der Waals surface area contributed by atoms with E-state index in [0.29, 0.717) is 17.2 Å². The van der Waals surface area contributed by atoms with Gasteiger partial charge in [-0.1, -0.05) is 6.92 Å². The van der Waals surface area contributed by atoms with Crippen LogP contribution in [0.15, 0.2) is 29.2 Å². The first kappa shape index (κ1) is 24.5. The van der Waals surface area contributed by atoms with Gasteiger partial charge < -0.3 is 14.8 Å². The van der Waals surface area contributed by atoms with Gasteiger partial charge in [0.15, 0.2) is 0 Å². The predicted molar refractivity (Wildman–Crippen MR) is 125 cm³/mol. The van der Waals surface area contributed by atoms with Crippen LogP contribution in [0.2, 0.25) is 0 Å². The van der Waals surface area contributed by atoms with E-state index in [4.69, 9.17) is 9.47 Å². The van der Waals surface area contributed by atoms with Crippen molar-refractivity contribution in [1.82, 2.24) is 4.90 Å². The summed E-state index contributed by atoms with van der Waals surface area (Å²) < 4.78 is 10.4. The maximum absolute atomic E-state index is 12.6. The number of ether oxygens (including phenoxy) is 2. The topological polar surface area (TPSA) is 67.9 Å². The number of nitrogens with one attached hydrogen (secondary N) is 1. The van der Waals surface area contributed by atoms with E-state index in [2.05, 4.69) is 17.1 Å². The fourth-order valence-corrected chi connectivity index (χ4v) is 5.21. The molecule has 1 aliphatic rings. The number of thiophene rings is 1. The van der Waals surface area contributed by atoms with Crippen LogP contribution in [0.25, 0.3) is 0 Å². The van der Waals surface area contributed by atoms with E-state index in [1.165, 1.54) is 23.1 Å². The monoisotopic (exact) mass is 470 g/mol. The van der Waals surface area contributed by atoms with Gasteiger partial charge in [0.25, 0.3) is 0 Å². The summed E-state index contributed by atoms with van der Waals surface area (Å²) in [6.07, 6.45) is 0.796. The highest BCUT2D eigenvalue weighted by atomic mass is 35.5. The SMILES string of the molecule is CCOC(=O)c1c(NC(=O)CSc2ccc(OC)cc2)sc2c1CCN(CC)C2.Cl. The largest absolute Gasteiger partial charge is 0.497 e. The van der Waals surface area contributed by atoms with Gasteiger partial charge in [0, 0.05) is 22.9 Å². The number of carbonyl (C=O) groups is 2. The van der Waals surface area contributed by atoms with Crippen molar-refractivity contribution in [3.63, 3.8) is 0 Å². The van der Waals surface area contributed by atoms with Crippen molar-refractivity contribution in [3.8, 4) is 5.75 Å². The average Bonchev–Trinajstić information content (AvgIpc) is 3.09. The van der Waals surface area contributed by atoms with Crippen LogP contribution in [0, 0.1) is 0 Å². The Morgan fingerprint density at radius 1 is 1.23 bits per heavy atom. The Morgan fingerprint density at radius 2 is 1.97 bits per heavy atom. The summed E-state index contributed by atoms with van der Waals surface area (Å²) in [7, 11) is 1.62. The van der Waals surface area contributed by atoms with E-state index in [-0.39, 0.29) is 30.0 Å². The highest BCUT2D eigenvalue weighted by Crippen LogP contribution is 2.37. The molecule has 6 nitrogen and oxygen atoms in total. The lowest BCUT2D eigenvalue weighted by Crippen LogP contribution is -2.30. The van der Waals surface area contributed by atoms with E-state index < -0.39 is 0 Å². The molecule has 0 bridgehead atoms. The molecule has 0 radical (unpaired) electrons. The van der Waals surface area contributed by atoms with Crippen LogP contribution < -0.4 is 10.1 Å². The molecule has 1 aromatic carbocycles. The summed E-state index contributed by atoms with van der Waals surface area (Å²) >= 11 is 2.93. The van der Waals surface area contributed by atoms with Gasteiger partial charge in [-0.2, -0.15) is 0 Å². The van der Waals surface area contributed by atoms with Gasteiger partial charge in [0.1, 0.15) is 10.8 Å².